The smallest absolute Gasteiger partial charge is 0.226 e. The summed E-state index contributed by atoms with van der Waals surface area (Å²) in [4.78, 5) is 20.3. The van der Waals surface area contributed by atoms with Gasteiger partial charge in [-0.2, -0.15) is 0 Å². The van der Waals surface area contributed by atoms with Gasteiger partial charge in [-0.25, -0.2) is 0 Å². The van der Waals surface area contributed by atoms with Gasteiger partial charge in [-0.05, 0) is 60.4 Å². The van der Waals surface area contributed by atoms with Gasteiger partial charge in [-0.3, -0.25) is 4.79 Å². The summed E-state index contributed by atoms with van der Waals surface area (Å²) in [5.74, 6) is 1.16. The van der Waals surface area contributed by atoms with Gasteiger partial charge >= 0.3 is 0 Å². The van der Waals surface area contributed by atoms with Gasteiger partial charge in [-0.1, -0.05) is 28.9 Å². The van der Waals surface area contributed by atoms with Crippen molar-refractivity contribution in [2.45, 2.75) is 31.9 Å². The number of carbonyl (C=O) groups excluding carboxylic acids is 1. The van der Waals surface area contributed by atoms with Crippen molar-refractivity contribution in [3.63, 3.8) is 0 Å². The van der Waals surface area contributed by atoms with Gasteiger partial charge in [0.2, 0.25) is 5.91 Å². The standard InChI is InChI=1S/C22H23ClN2O3/c1-27-19-9-7-16(8-10-19)21-12-20(28-24-21)14-25(22(26)17-5-6-17)13-15-3-2-4-18(23)11-15/h2-4,7-11,17,20H,5-6,12-14H2,1H3/t20-/m0/s1. The number of rotatable bonds is 7. The molecule has 1 aliphatic carbocycles. The number of halogens is 1. The van der Waals surface area contributed by atoms with Crippen molar-refractivity contribution >= 4 is 23.2 Å². The molecule has 2 aliphatic rings. The van der Waals surface area contributed by atoms with Crippen molar-refractivity contribution in [3.8, 4) is 5.75 Å². The van der Waals surface area contributed by atoms with Crippen LogP contribution in [0.3, 0.4) is 0 Å². The molecule has 0 bridgehead atoms. The molecular weight excluding hydrogens is 376 g/mol. The highest BCUT2D eigenvalue weighted by Crippen LogP contribution is 2.32. The largest absolute Gasteiger partial charge is 0.497 e. The van der Waals surface area contributed by atoms with Crippen molar-refractivity contribution in [3.05, 3.63) is 64.7 Å². The first-order valence-electron chi connectivity index (χ1n) is 9.52. The fraction of sp³-hybridized carbons (Fsp3) is 0.364. The zero-order chi connectivity index (χ0) is 19.5. The van der Waals surface area contributed by atoms with Crippen LogP contribution in [0.25, 0.3) is 0 Å². The zero-order valence-corrected chi connectivity index (χ0v) is 16.6. The Kier molecular flexibility index (Phi) is 5.53. The van der Waals surface area contributed by atoms with Gasteiger partial charge in [0.05, 0.1) is 19.4 Å². The number of hydrogen-bond donors (Lipinski definition) is 0. The summed E-state index contributed by atoms with van der Waals surface area (Å²) in [5, 5.41) is 4.93. The number of nitrogens with zero attached hydrogens (tertiary/aromatic N) is 2. The molecular formula is C22H23ClN2O3. The second kappa shape index (κ2) is 8.23. The van der Waals surface area contributed by atoms with Gasteiger partial charge in [0.25, 0.3) is 0 Å². The van der Waals surface area contributed by atoms with E-state index in [0.717, 1.165) is 35.4 Å². The first-order chi connectivity index (χ1) is 13.6. The molecule has 28 heavy (non-hydrogen) atoms. The number of benzene rings is 2. The number of ether oxygens (including phenoxy) is 1. The highest BCUT2D eigenvalue weighted by atomic mass is 35.5. The van der Waals surface area contributed by atoms with Crippen LogP contribution in [-0.4, -0.2) is 36.3 Å². The molecule has 1 aliphatic heterocycles. The van der Waals surface area contributed by atoms with E-state index in [1.807, 2.05) is 53.4 Å². The van der Waals surface area contributed by atoms with Crippen LogP contribution in [0.4, 0.5) is 0 Å². The number of amides is 1. The lowest BCUT2D eigenvalue weighted by Crippen LogP contribution is -2.38. The fourth-order valence-corrected chi connectivity index (χ4v) is 3.62. The average Bonchev–Trinajstić information content (AvgIpc) is 3.46. The van der Waals surface area contributed by atoms with E-state index >= 15 is 0 Å². The molecule has 1 saturated carbocycles. The Balaban J connectivity index is 1.41. The number of carbonyl (C=O) groups is 1. The molecule has 0 radical (unpaired) electrons. The Hall–Kier alpha value is -2.53. The Morgan fingerprint density at radius 2 is 2.04 bits per heavy atom. The number of hydrogen-bond acceptors (Lipinski definition) is 4. The number of oxime groups is 1. The Bertz CT molecular complexity index is 878. The lowest BCUT2D eigenvalue weighted by molar-refractivity contribution is -0.135. The van der Waals surface area contributed by atoms with E-state index in [0.29, 0.717) is 24.5 Å². The van der Waals surface area contributed by atoms with Gasteiger partial charge in [-0.15, -0.1) is 0 Å². The van der Waals surface area contributed by atoms with E-state index in [1.54, 1.807) is 7.11 Å². The maximum Gasteiger partial charge on any atom is 0.226 e. The molecule has 6 heteroatoms. The number of methoxy groups -OCH3 is 1. The maximum atomic E-state index is 12.8. The van der Waals surface area contributed by atoms with E-state index < -0.39 is 0 Å². The van der Waals surface area contributed by atoms with Crippen LogP contribution in [-0.2, 0) is 16.2 Å². The molecule has 1 fully saturated rings. The van der Waals surface area contributed by atoms with Crippen molar-refractivity contribution in [2.75, 3.05) is 13.7 Å². The summed E-state index contributed by atoms with van der Waals surface area (Å²) >= 11 is 6.11. The van der Waals surface area contributed by atoms with Gasteiger partial charge in [0.1, 0.15) is 5.75 Å². The summed E-state index contributed by atoms with van der Waals surface area (Å²) in [6.07, 6.45) is 2.49. The van der Waals surface area contributed by atoms with Gasteiger partial charge in [0, 0.05) is 23.9 Å². The molecule has 0 aromatic heterocycles. The van der Waals surface area contributed by atoms with Crippen LogP contribution >= 0.6 is 11.6 Å². The summed E-state index contributed by atoms with van der Waals surface area (Å²) in [5.41, 5.74) is 2.93. The van der Waals surface area contributed by atoms with Crippen LogP contribution in [0.5, 0.6) is 5.75 Å². The first kappa shape index (κ1) is 18.8. The van der Waals surface area contributed by atoms with Crippen molar-refractivity contribution in [1.29, 1.82) is 0 Å². The molecule has 0 saturated heterocycles. The molecule has 0 N–H and O–H groups in total. The highest BCUT2D eigenvalue weighted by molar-refractivity contribution is 6.30. The van der Waals surface area contributed by atoms with E-state index in [9.17, 15) is 4.79 Å². The lowest BCUT2D eigenvalue weighted by atomic mass is 10.0. The SMILES string of the molecule is COc1ccc(C2=NO[C@H](CN(Cc3cccc(Cl)c3)C(=O)C3CC3)C2)cc1. The Morgan fingerprint density at radius 3 is 2.71 bits per heavy atom. The molecule has 0 unspecified atom stereocenters. The second-order valence-electron chi connectivity index (χ2n) is 7.32. The molecule has 2 aromatic rings. The van der Waals surface area contributed by atoms with Crippen LogP contribution in [0.1, 0.15) is 30.4 Å². The third-order valence-corrected chi connectivity index (χ3v) is 5.32. The van der Waals surface area contributed by atoms with E-state index in [-0.39, 0.29) is 17.9 Å². The Labute approximate surface area is 169 Å². The van der Waals surface area contributed by atoms with Crippen LogP contribution in [0.15, 0.2) is 53.7 Å². The van der Waals surface area contributed by atoms with Crippen LogP contribution in [0, 0.1) is 5.92 Å². The minimum absolute atomic E-state index is 0.140. The fourth-order valence-electron chi connectivity index (χ4n) is 3.40. The highest BCUT2D eigenvalue weighted by Gasteiger charge is 2.35. The quantitative estimate of drug-likeness (QED) is 0.699. The minimum atomic E-state index is -0.140. The summed E-state index contributed by atoms with van der Waals surface area (Å²) < 4.78 is 5.20. The monoisotopic (exact) mass is 398 g/mol. The molecule has 1 heterocycles. The normalized spacial score (nSPS) is 18.4. The van der Waals surface area contributed by atoms with E-state index in [4.69, 9.17) is 21.2 Å². The zero-order valence-electron chi connectivity index (χ0n) is 15.8. The summed E-state index contributed by atoms with van der Waals surface area (Å²) in [6, 6.07) is 15.4. The average molecular weight is 399 g/mol. The van der Waals surface area contributed by atoms with Crippen molar-refractivity contribution in [1.82, 2.24) is 4.90 Å². The first-order valence-corrected chi connectivity index (χ1v) is 9.90. The van der Waals surface area contributed by atoms with Crippen LogP contribution in [0.2, 0.25) is 5.02 Å². The van der Waals surface area contributed by atoms with Gasteiger partial charge < -0.3 is 14.5 Å². The molecule has 1 atom stereocenters. The third-order valence-electron chi connectivity index (χ3n) is 5.08. The molecule has 4 rings (SSSR count). The molecule has 146 valence electrons. The van der Waals surface area contributed by atoms with Crippen LogP contribution < -0.4 is 4.74 Å². The minimum Gasteiger partial charge on any atom is -0.497 e. The van der Waals surface area contributed by atoms with Gasteiger partial charge in [0.15, 0.2) is 6.10 Å². The summed E-state index contributed by atoms with van der Waals surface area (Å²) in [7, 11) is 1.65. The maximum absolute atomic E-state index is 12.8. The topological polar surface area (TPSA) is 51.1 Å². The van der Waals surface area contributed by atoms with E-state index in [1.165, 1.54) is 0 Å². The molecule has 1 amide bonds. The summed E-state index contributed by atoms with van der Waals surface area (Å²) in [6.45, 7) is 1.05. The molecule has 2 aromatic carbocycles. The predicted octanol–water partition coefficient (Wildman–Crippen LogP) is 4.28. The molecule has 5 nitrogen and oxygen atoms in total. The van der Waals surface area contributed by atoms with E-state index in [2.05, 4.69) is 5.16 Å². The third kappa shape index (κ3) is 4.47. The van der Waals surface area contributed by atoms with Crippen molar-refractivity contribution in [2.24, 2.45) is 11.1 Å². The Morgan fingerprint density at radius 1 is 1.25 bits per heavy atom. The van der Waals surface area contributed by atoms with Crippen molar-refractivity contribution < 1.29 is 14.4 Å². The lowest BCUT2D eigenvalue weighted by Gasteiger charge is -2.25. The predicted molar refractivity (Wildman–Crippen MR) is 109 cm³/mol. The molecule has 0 spiro atoms. The second-order valence-corrected chi connectivity index (χ2v) is 7.76.